The summed E-state index contributed by atoms with van der Waals surface area (Å²) in [5.41, 5.74) is 6.08. The molecular weight excluding hydrogens is 388 g/mol. The van der Waals surface area contributed by atoms with E-state index in [1.54, 1.807) is 17.1 Å². The van der Waals surface area contributed by atoms with Crippen molar-refractivity contribution >= 4 is 17.5 Å². The van der Waals surface area contributed by atoms with Crippen LogP contribution in [0.2, 0.25) is 0 Å². The van der Waals surface area contributed by atoms with E-state index in [2.05, 4.69) is 47.7 Å². The third-order valence-corrected chi connectivity index (χ3v) is 5.76. The Morgan fingerprint density at radius 2 is 1.90 bits per heavy atom. The zero-order valence-electron chi connectivity index (χ0n) is 18.1. The normalized spacial score (nSPS) is 13.0. The zero-order chi connectivity index (χ0) is 21.8. The summed E-state index contributed by atoms with van der Waals surface area (Å²) in [6.07, 6.45) is 5.39. The molecule has 6 nitrogen and oxygen atoms in total. The Balaban J connectivity index is 1.37. The van der Waals surface area contributed by atoms with Crippen molar-refractivity contribution in [3.63, 3.8) is 0 Å². The molecule has 0 aliphatic carbocycles. The fourth-order valence-corrected chi connectivity index (χ4v) is 3.87. The van der Waals surface area contributed by atoms with Gasteiger partial charge in [0.1, 0.15) is 0 Å². The molecule has 0 spiro atoms. The molecule has 0 saturated carbocycles. The first-order valence-corrected chi connectivity index (χ1v) is 10.8. The number of hydrogen-bond donors (Lipinski definition) is 1. The van der Waals surface area contributed by atoms with Crippen LogP contribution in [0.3, 0.4) is 0 Å². The molecule has 1 aliphatic rings. The highest BCUT2D eigenvalue weighted by atomic mass is 16.2. The van der Waals surface area contributed by atoms with Crippen LogP contribution >= 0.6 is 0 Å². The van der Waals surface area contributed by atoms with Gasteiger partial charge in [-0.15, -0.1) is 0 Å². The van der Waals surface area contributed by atoms with Crippen molar-refractivity contribution in [1.29, 1.82) is 0 Å². The minimum Gasteiger partial charge on any atom is -0.334 e. The highest BCUT2D eigenvalue weighted by Gasteiger charge is 2.23. The highest BCUT2D eigenvalue weighted by molar-refractivity contribution is 5.94. The fourth-order valence-electron chi connectivity index (χ4n) is 3.87. The van der Waals surface area contributed by atoms with Gasteiger partial charge in [0.25, 0.3) is 5.91 Å². The highest BCUT2D eigenvalue weighted by Crippen LogP contribution is 2.24. The van der Waals surface area contributed by atoms with Gasteiger partial charge >= 0.3 is 0 Å². The Kier molecular flexibility index (Phi) is 6.16. The van der Waals surface area contributed by atoms with Crippen molar-refractivity contribution in [3.8, 4) is 0 Å². The third kappa shape index (κ3) is 5.02. The molecule has 1 aliphatic heterocycles. The molecule has 1 aromatic heterocycles. The number of aryl methyl sites for hydroxylation is 3. The molecule has 1 N–H and O–H groups in total. The van der Waals surface area contributed by atoms with Gasteiger partial charge in [0.2, 0.25) is 5.91 Å². The second kappa shape index (κ2) is 9.16. The van der Waals surface area contributed by atoms with E-state index in [9.17, 15) is 9.59 Å². The van der Waals surface area contributed by atoms with Crippen molar-refractivity contribution in [3.05, 3.63) is 82.7 Å². The van der Waals surface area contributed by atoms with E-state index in [0.717, 1.165) is 29.8 Å². The SMILES string of the molecule is CCn1cc(C(=O)N2CCc3ccc(NC(=O)CCc4ccc(C)cc4)cc3C2)cn1. The summed E-state index contributed by atoms with van der Waals surface area (Å²) in [5, 5.41) is 7.21. The second-order valence-electron chi connectivity index (χ2n) is 8.08. The first-order chi connectivity index (χ1) is 15.0. The fraction of sp³-hybridized carbons (Fsp3) is 0.320. The Labute approximate surface area is 182 Å². The van der Waals surface area contributed by atoms with Crippen LogP contribution in [0.1, 0.15) is 46.0 Å². The molecule has 4 rings (SSSR count). The molecule has 3 aromatic rings. The van der Waals surface area contributed by atoms with Crippen molar-refractivity contribution in [2.75, 3.05) is 11.9 Å². The molecule has 0 atom stereocenters. The van der Waals surface area contributed by atoms with Crippen LogP contribution in [0, 0.1) is 6.92 Å². The smallest absolute Gasteiger partial charge is 0.257 e. The average Bonchev–Trinajstić information content (AvgIpc) is 3.27. The number of benzene rings is 2. The van der Waals surface area contributed by atoms with Crippen LogP contribution in [0.5, 0.6) is 0 Å². The van der Waals surface area contributed by atoms with Crippen molar-refractivity contribution in [1.82, 2.24) is 14.7 Å². The quantitative estimate of drug-likeness (QED) is 0.661. The Hall–Kier alpha value is -3.41. The summed E-state index contributed by atoms with van der Waals surface area (Å²) >= 11 is 0. The van der Waals surface area contributed by atoms with Crippen LogP contribution in [-0.4, -0.2) is 33.0 Å². The molecule has 31 heavy (non-hydrogen) atoms. The van der Waals surface area contributed by atoms with Gasteiger partial charge in [0.05, 0.1) is 11.8 Å². The van der Waals surface area contributed by atoms with Crippen LogP contribution in [-0.2, 0) is 30.7 Å². The minimum absolute atomic E-state index is 0.00196. The van der Waals surface area contributed by atoms with Crippen LogP contribution < -0.4 is 5.32 Å². The lowest BCUT2D eigenvalue weighted by molar-refractivity contribution is -0.116. The molecule has 0 radical (unpaired) electrons. The van der Waals surface area contributed by atoms with E-state index >= 15 is 0 Å². The van der Waals surface area contributed by atoms with Gasteiger partial charge in [-0.2, -0.15) is 5.10 Å². The molecule has 6 heteroatoms. The molecule has 0 unspecified atom stereocenters. The second-order valence-corrected chi connectivity index (χ2v) is 8.08. The van der Waals surface area contributed by atoms with E-state index < -0.39 is 0 Å². The van der Waals surface area contributed by atoms with Crippen LogP contribution in [0.4, 0.5) is 5.69 Å². The van der Waals surface area contributed by atoms with Gasteiger partial charge in [-0.1, -0.05) is 35.9 Å². The van der Waals surface area contributed by atoms with Gasteiger partial charge in [-0.3, -0.25) is 14.3 Å². The topological polar surface area (TPSA) is 67.2 Å². The summed E-state index contributed by atoms with van der Waals surface area (Å²) in [6, 6.07) is 14.3. The molecule has 2 heterocycles. The molecular formula is C25H28N4O2. The van der Waals surface area contributed by atoms with Gasteiger partial charge < -0.3 is 10.2 Å². The number of rotatable bonds is 6. The minimum atomic E-state index is -0.00348. The number of aromatic nitrogens is 2. The molecule has 2 aromatic carbocycles. The van der Waals surface area contributed by atoms with Gasteiger partial charge in [-0.05, 0) is 55.5 Å². The van der Waals surface area contributed by atoms with Gasteiger partial charge in [0, 0.05) is 37.9 Å². The van der Waals surface area contributed by atoms with Gasteiger partial charge in [-0.25, -0.2) is 0 Å². The summed E-state index contributed by atoms with van der Waals surface area (Å²) in [6.45, 7) is 6.02. The number of fused-ring (bicyclic) bond motifs is 1. The summed E-state index contributed by atoms with van der Waals surface area (Å²) < 4.78 is 1.76. The van der Waals surface area contributed by atoms with E-state index in [0.29, 0.717) is 31.5 Å². The first kappa shape index (κ1) is 20.8. The number of amides is 2. The van der Waals surface area contributed by atoms with Crippen LogP contribution in [0.15, 0.2) is 54.9 Å². The Bertz CT molecular complexity index is 1090. The predicted molar refractivity (Wildman–Crippen MR) is 121 cm³/mol. The van der Waals surface area contributed by atoms with Crippen molar-refractivity contribution in [2.24, 2.45) is 0 Å². The molecule has 160 valence electrons. The van der Waals surface area contributed by atoms with Crippen LogP contribution in [0.25, 0.3) is 0 Å². The third-order valence-electron chi connectivity index (χ3n) is 5.76. The maximum atomic E-state index is 12.8. The summed E-state index contributed by atoms with van der Waals surface area (Å²) in [4.78, 5) is 27.1. The van der Waals surface area contributed by atoms with Crippen molar-refractivity contribution in [2.45, 2.75) is 46.2 Å². The molecule has 0 saturated heterocycles. The summed E-state index contributed by atoms with van der Waals surface area (Å²) in [5.74, 6) is -0.00543. The number of carbonyl (C=O) groups excluding carboxylic acids is 2. The number of nitrogens with one attached hydrogen (secondary N) is 1. The average molecular weight is 417 g/mol. The molecule has 2 amide bonds. The van der Waals surface area contributed by atoms with E-state index in [1.165, 1.54) is 11.1 Å². The monoisotopic (exact) mass is 416 g/mol. The number of nitrogens with zero attached hydrogens (tertiary/aromatic N) is 3. The lowest BCUT2D eigenvalue weighted by atomic mass is 9.98. The van der Waals surface area contributed by atoms with E-state index in [4.69, 9.17) is 0 Å². The predicted octanol–water partition coefficient (Wildman–Crippen LogP) is 3.98. The molecule has 0 fully saturated rings. The number of hydrogen-bond acceptors (Lipinski definition) is 3. The lowest BCUT2D eigenvalue weighted by Crippen LogP contribution is -2.35. The Morgan fingerprint density at radius 3 is 2.65 bits per heavy atom. The van der Waals surface area contributed by atoms with Gasteiger partial charge in [0.15, 0.2) is 0 Å². The summed E-state index contributed by atoms with van der Waals surface area (Å²) in [7, 11) is 0. The Morgan fingerprint density at radius 1 is 1.10 bits per heavy atom. The number of anilines is 1. The van der Waals surface area contributed by atoms with E-state index in [1.807, 2.05) is 24.0 Å². The largest absolute Gasteiger partial charge is 0.334 e. The van der Waals surface area contributed by atoms with Crippen molar-refractivity contribution < 1.29 is 9.59 Å². The maximum Gasteiger partial charge on any atom is 0.257 e. The molecule has 0 bridgehead atoms. The maximum absolute atomic E-state index is 12.8. The number of carbonyl (C=O) groups is 2. The first-order valence-electron chi connectivity index (χ1n) is 10.8. The standard InChI is InChI=1S/C25H28N4O2/c1-3-29-17-22(15-26-29)25(31)28-13-12-20-9-10-23(14-21(20)16-28)27-24(30)11-8-19-6-4-18(2)5-7-19/h4-7,9-10,14-15,17H,3,8,11-13,16H2,1-2H3,(H,27,30). The van der Waals surface area contributed by atoms with E-state index in [-0.39, 0.29) is 11.8 Å². The lowest BCUT2D eigenvalue weighted by Gasteiger charge is -2.29. The zero-order valence-corrected chi connectivity index (χ0v) is 18.1.